The van der Waals surface area contributed by atoms with Crippen molar-refractivity contribution >= 4 is 11.6 Å². The van der Waals surface area contributed by atoms with Crippen LogP contribution in [0.1, 0.15) is 37.8 Å². The average molecular weight is 326 g/mol. The maximum atomic E-state index is 6.06. The van der Waals surface area contributed by atoms with Gasteiger partial charge in [0.25, 0.3) is 0 Å². The number of hydrogen-bond acceptors (Lipinski definition) is 2. The Balaban J connectivity index is 2.17. The van der Waals surface area contributed by atoms with Crippen molar-refractivity contribution in [1.29, 1.82) is 0 Å². The Labute approximate surface area is 142 Å². The molecular formula is C19H20ClN3. The molecule has 0 aliphatic rings. The van der Waals surface area contributed by atoms with E-state index in [1.165, 1.54) is 11.1 Å². The molecule has 1 atom stereocenters. The first-order valence-corrected chi connectivity index (χ1v) is 8.03. The molecule has 23 heavy (non-hydrogen) atoms. The lowest BCUT2D eigenvalue weighted by molar-refractivity contribution is 0.357. The molecule has 3 aromatic rings. The van der Waals surface area contributed by atoms with E-state index in [-0.39, 0.29) is 11.3 Å². The maximum Gasteiger partial charge on any atom is 0.141 e. The summed E-state index contributed by atoms with van der Waals surface area (Å²) in [7, 11) is 0. The molecule has 0 saturated heterocycles. The average Bonchev–Trinajstić information content (AvgIpc) is 3.03. The zero-order valence-corrected chi connectivity index (χ0v) is 14.3. The molecule has 1 unspecified atom stereocenters. The summed E-state index contributed by atoms with van der Waals surface area (Å²) in [6, 6.07) is 12.2. The van der Waals surface area contributed by atoms with Gasteiger partial charge in [-0.15, -0.1) is 0 Å². The first kappa shape index (κ1) is 15.8. The first-order valence-electron chi connectivity index (χ1n) is 7.65. The largest absolute Gasteiger partial charge is 0.290 e. The predicted octanol–water partition coefficient (Wildman–Crippen LogP) is 5.10. The molecule has 0 aliphatic heterocycles. The minimum Gasteiger partial charge on any atom is -0.290 e. The fraction of sp³-hybridized carbons (Fsp3) is 0.263. The van der Waals surface area contributed by atoms with Crippen LogP contribution >= 0.6 is 11.6 Å². The lowest BCUT2D eigenvalue weighted by Gasteiger charge is -2.32. The second-order valence-electron chi connectivity index (χ2n) is 6.74. The Morgan fingerprint density at radius 2 is 1.78 bits per heavy atom. The third-order valence-corrected chi connectivity index (χ3v) is 4.20. The lowest BCUT2D eigenvalue weighted by atomic mass is 9.72. The van der Waals surface area contributed by atoms with E-state index in [2.05, 4.69) is 48.9 Å². The van der Waals surface area contributed by atoms with Crippen LogP contribution in [0.2, 0.25) is 5.02 Å². The van der Waals surface area contributed by atoms with Gasteiger partial charge in [-0.1, -0.05) is 50.6 Å². The molecule has 0 aliphatic carbocycles. The molecule has 0 spiro atoms. The fourth-order valence-corrected chi connectivity index (χ4v) is 3.16. The SMILES string of the molecule is CC(C)(C)C(c1ccc(Cl)cc1)c1cccnc1-n1ccnc1. The Bertz CT molecular complexity index is 771. The van der Waals surface area contributed by atoms with Crippen molar-refractivity contribution in [3.63, 3.8) is 0 Å². The number of rotatable bonds is 3. The van der Waals surface area contributed by atoms with Crippen LogP contribution in [0.5, 0.6) is 0 Å². The number of aromatic nitrogens is 3. The molecule has 0 N–H and O–H groups in total. The Hall–Kier alpha value is -2.13. The molecular weight excluding hydrogens is 306 g/mol. The second kappa shape index (κ2) is 6.17. The van der Waals surface area contributed by atoms with Gasteiger partial charge in [-0.3, -0.25) is 4.57 Å². The van der Waals surface area contributed by atoms with Gasteiger partial charge in [0.15, 0.2) is 0 Å². The molecule has 1 aromatic carbocycles. The summed E-state index contributed by atoms with van der Waals surface area (Å²) in [5.74, 6) is 1.12. The van der Waals surface area contributed by atoms with Crippen LogP contribution < -0.4 is 0 Å². The van der Waals surface area contributed by atoms with E-state index < -0.39 is 0 Å². The van der Waals surface area contributed by atoms with E-state index in [4.69, 9.17) is 11.6 Å². The Kier molecular flexibility index (Phi) is 4.22. The summed E-state index contributed by atoms with van der Waals surface area (Å²) in [5.41, 5.74) is 2.45. The summed E-state index contributed by atoms with van der Waals surface area (Å²) in [6.45, 7) is 6.74. The molecule has 2 aromatic heterocycles. The highest BCUT2D eigenvalue weighted by atomic mass is 35.5. The molecule has 0 bridgehead atoms. The number of halogens is 1. The molecule has 0 saturated carbocycles. The van der Waals surface area contributed by atoms with E-state index >= 15 is 0 Å². The van der Waals surface area contributed by atoms with E-state index in [0.29, 0.717) is 0 Å². The molecule has 3 nitrogen and oxygen atoms in total. The van der Waals surface area contributed by atoms with Crippen molar-refractivity contribution in [2.75, 3.05) is 0 Å². The van der Waals surface area contributed by atoms with Crippen LogP contribution in [0.3, 0.4) is 0 Å². The van der Waals surface area contributed by atoms with Crippen LogP contribution in [0, 0.1) is 5.41 Å². The smallest absolute Gasteiger partial charge is 0.141 e. The summed E-state index contributed by atoms with van der Waals surface area (Å²) >= 11 is 6.06. The zero-order valence-electron chi connectivity index (χ0n) is 13.6. The van der Waals surface area contributed by atoms with Crippen molar-refractivity contribution in [2.24, 2.45) is 5.41 Å². The van der Waals surface area contributed by atoms with Gasteiger partial charge < -0.3 is 0 Å². The van der Waals surface area contributed by atoms with Crippen molar-refractivity contribution in [3.8, 4) is 5.82 Å². The van der Waals surface area contributed by atoms with Crippen molar-refractivity contribution in [1.82, 2.24) is 14.5 Å². The zero-order chi connectivity index (χ0) is 16.4. The minimum absolute atomic E-state index is 0.0339. The molecule has 0 amide bonds. The fourth-order valence-electron chi connectivity index (χ4n) is 3.04. The first-order chi connectivity index (χ1) is 11.0. The lowest BCUT2D eigenvalue weighted by Crippen LogP contribution is -2.21. The van der Waals surface area contributed by atoms with Crippen LogP contribution in [0.15, 0.2) is 61.3 Å². The van der Waals surface area contributed by atoms with Gasteiger partial charge >= 0.3 is 0 Å². The van der Waals surface area contributed by atoms with E-state index in [1.54, 1.807) is 12.5 Å². The molecule has 3 rings (SSSR count). The number of imidazole rings is 1. The highest BCUT2D eigenvalue weighted by molar-refractivity contribution is 6.30. The van der Waals surface area contributed by atoms with E-state index in [1.807, 2.05) is 35.2 Å². The third kappa shape index (κ3) is 3.30. The van der Waals surface area contributed by atoms with Crippen molar-refractivity contribution in [3.05, 3.63) is 77.5 Å². The molecule has 0 fully saturated rings. The normalized spacial score (nSPS) is 13.0. The maximum absolute atomic E-state index is 6.06. The molecule has 118 valence electrons. The van der Waals surface area contributed by atoms with Gasteiger partial charge in [-0.05, 0) is 29.2 Å². The molecule has 2 heterocycles. The van der Waals surface area contributed by atoms with Gasteiger partial charge in [0, 0.05) is 35.1 Å². The topological polar surface area (TPSA) is 30.7 Å². The van der Waals surface area contributed by atoms with Crippen LogP contribution in [0.25, 0.3) is 5.82 Å². The van der Waals surface area contributed by atoms with Gasteiger partial charge in [0.1, 0.15) is 12.1 Å². The van der Waals surface area contributed by atoms with Crippen molar-refractivity contribution in [2.45, 2.75) is 26.7 Å². The summed E-state index contributed by atoms with van der Waals surface area (Å²) in [6.07, 6.45) is 7.30. The van der Waals surface area contributed by atoms with Crippen LogP contribution in [-0.4, -0.2) is 14.5 Å². The van der Waals surface area contributed by atoms with Gasteiger partial charge in [0.05, 0.1) is 0 Å². The Morgan fingerprint density at radius 3 is 2.39 bits per heavy atom. The second-order valence-corrected chi connectivity index (χ2v) is 7.17. The number of nitrogens with zero attached hydrogens (tertiary/aromatic N) is 3. The van der Waals surface area contributed by atoms with Crippen LogP contribution in [-0.2, 0) is 0 Å². The Morgan fingerprint density at radius 1 is 1.04 bits per heavy atom. The van der Waals surface area contributed by atoms with Gasteiger partial charge in [-0.25, -0.2) is 9.97 Å². The summed E-state index contributed by atoms with van der Waals surface area (Å²) in [4.78, 5) is 8.75. The van der Waals surface area contributed by atoms with Crippen molar-refractivity contribution < 1.29 is 0 Å². The quantitative estimate of drug-likeness (QED) is 0.670. The predicted molar refractivity (Wildman–Crippen MR) is 94.1 cm³/mol. The standard InChI is InChI=1S/C19H20ClN3/c1-19(2,3)17(14-6-8-15(20)9-7-14)16-5-4-10-22-18(16)23-12-11-21-13-23/h4-13,17H,1-3H3. The van der Waals surface area contributed by atoms with E-state index in [9.17, 15) is 0 Å². The highest BCUT2D eigenvalue weighted by Crippen LogP contribution is 2.42. The summed E-state index contributed by atoms with van der Waals surface area (Å²) in [5, 5.41) is 0.752. The third-order valence-electron chi connectivity index (χ3n) is 3.95. The molecule has 0 radical (unpaired) electrons. The van der Waals surface area contributed by atoms with Gasteiger partial charge in [0.2, 0.25) is 0 Å². The molecule has 4 heteroatoms. The number of benzene rings is 1. The van der Waals surface area contributed by atoms with E-state index in [0.717, 1.165) is 10.8 Å². The van der Waals surface area contributed by atoms with Crippen LogP contribution in [0.4, 0.5) is 0 Å². The summed E-state index contributed by atoms with van der Waals surface area (Å²) < 4.78 is 1.96. The number of pyridine rings is 1. The monoisotopic (exact) mass is 325 g/mol. The minimum atomic E-state index is 0.0339. The highest BCUT2D eigenvalue weighted by Gasteiger charge is 2.30. The number of hydrogen-bond donors (Lipinski definition) is 0. The van der Waals surface area contributed by atoms with Gasteiger partial charge in [-0.2, -0.15) is 0 Å².